The second kappa shape index (κ2) is 5.57. The molecule has 0 aromatic heterocycles. The maximum atomic E-state index is 12.6. The van der Waals surface area contributed by atoms with Crippen LogP contribution in [-0.2, 0) is 21.9 Å². The van der Waals surface area contributed by atoms with Gasteiger partial charge in [0.25, 0.3) is 0 Å². The normalized spacial score (nSPS) is 21.9. The topological polar surface area (TPSA) is 18.5 Å². The molecule has 1 saturated heterocycles. The van der Waals surface area contributed by atoms with Crippen LogP contribution in [-0.4, -0.2) is 18.3 Å². The summed E-state index contributed by atoms with van der Waals surface area (Å²) < 4.78 is 49.6. The minimum Gasteiger partial charge on any atom is -0.403 e. The molecular formula is C16H22BF3O2. The summed E-state index contributed by atoms with van der Waals surface area (Å²) in [6.07, 6.45) is -3.69. The first kappa shape index (κ1) is 17.4. The van der Waals surface area contributed by atoms with Gasteiger partial charge in [-0.25, -0.2) is 0 Å². The summed E-state index contributed by atoms with van der Waals surface area (Å²) in [5.74, 6) is 0.0535. The van der Waals surface area contributed by atoms with Crippen LogP contribution in [0.3, 0.4) is 0 Å². The Bertz CT molecular complexity index is 507. The quantitative estimate of drug-likeness (QED) is 0.751. The lowest BCUT2D eigenvalue weighted by Gasteiger charge is -2.32. The van der Waals surface area contributed by atoms with Gasteiger partial charge in [0.1, 0.15) is 0 Å². The molecule has 22 heavy (non-hydrogen) atoms. The minimum absolute atomic E-state index is 0.0535. The maximum Gasteiger partial charge on any atom is 0.461 e. The summed E-state index contributed by atoms with van der Waals surface area (Å²) in [5, 5.41) is 0. The van der Waals surface area contributed by atoms with Crippen molar-refractivity contribution in [2.45, 2.75) is 64.2 Å². The largest absolute Gasteiger partial charge is 0.461 e. The Labute approximate surface area is 130 Å². The third-order valence-corrected chi connectivity index (χ3v) is 4.58. The van der Waals surface area contributed by atoms with Crippen LogP contribution in [0.4, 0.5) is 13.2 Å². The van der Waals surface area contributed by atoms with Crippen molar-refractivity contribution < 1.29 is 22.5 Å². The third kappa shape index (κ3) is 3.49. The second-order valence-electron chi connectivity index (χ2n) is 7.00. The number of rotatable bonds is 3. The highest BCUT2D eigenvalue weighted by Gasteiger charge is 2.52. The maximum absolute atomic E-state index is 12.6. The zero-order chi connectivity index (χ0) is 16.8. The van der Waals surface area contributed by atoms with Crippen molar-refractivity contribution in [3.63, 3.8) is 0 Å². The van der Waals surface area contributed by atoms with E-state index in [9.17, 15) is 13.2 Å². The summed E-state index contributed by atoms with van der Waals surface area (Å²) in [6, 6.07) is 5.27. The number of halogens is 3. The number of alkyl halides is 3. The smallest absolute Gasteiger partial charge is 0.403 e. The van der Waals surface area contributed by atoms with Gasteiger partial charge in [0.15, 0.2) is 0 Å². The van der Waals surface area contributed by atoms with E-state index in [4.69, 9.17) is 9.31 Å². The van der Waals surface area contributed by atoms with Gasteiger partial charge in [-0.05, 0) is 57.6 Å². The second-order valence-corrected chi connectivity index (χ2v) is 7.00. The molecular weight excluding hydrogens is 292 g/mol. The molecule has 2 nitrogen and oxygen atoms in total. The molecule has 2 rings (SSSR count). The molecule has 6 heteroatoms. The minimum atomic E-state index is -4.30. The van der Waals surface area contributed by atoms with Crippen molar-refractivity contribution in [3.05, 3.63) is 35.4 Å². The Morgan fingerprint density at radius 2 is 1.45 bits per heavy atom. The number of hydrogen-bond acceptors (Lipinski definition) is 2. The van der Waals surface area contributed by atoms with Gasteiger partial charge in [-0.15, -0.1) is 0 Å². The SMILES string of the molecule is CC(Cc1ccc(C(F)(F)F)cc1)B1OC(C)(C)C(C)(C)O1. The van der Waals surface area contributed by atoms with Crippen molar-refractivity contribution in [3.8, 4) is 0 Å². The Morgan fingerprint density at radius 1 is 1.00 bits per heavy atom. The van der Waals surface area contributed by atoms with Crippen molar-refractivity contribution >= 4 is 7.12 Å². The predicted octanol–water partition coefficient (Wildman–Crippen LogP) is 4.73. The fourth-order valence-electron chi connectivity index (χ4n) is 2.42. The molecule has 0 radical (unpaired) electrons. The van der Waals surface area contributed by atoms with Gasteiger partial charge in [0.05, 0.1) is 16.8 Å². The van der Waals surface area contributed by atoms with Gasteiger partial charge in [-0.1, -0.05) is 19.1 Å². The van der Waals surface area contributed by atoms with Crippen LogP contribution in [0.1, 0.15) is 45.7 Å². The molecule has 0 saturated carbocycles. The molecule has 1 fully saturated rings. The summed E-state index contributed by atoms with van der Waals surface area (Å²) in [5.41, 5.74) is -0.576. The fraction of sp³-hybridized carbons (Fsp3) is 0.625. The van der Waals surface area contributed by atoms with Crippen molar-refractivity contribution in [2.75, 3.05) is 0 Å². The Hall–Kier alpha value is -1.01. The molecule has 1 aliphatic rings. The predicted molar refractivity (Wildman–Crippen MR) is 80.7 cm³/mol. The van der Waals surface area contributed by atoms with Crippen LogP contribution in [0.25, 0.3) is 0 Å². The molecule has 0 aliphatic carbocycles. The Balaban J connectivity index is 2.03. The van der Waals surface area contributed by atoms with Crippen molar-refractivity contribution in [1.29, 1.82) is 0 Å². The molecule has 1 heterocycles. The summed E-state index contributed by atoms with van der Waals surface area (Å²) in [6.45, 7) is 9.92. The molecule has 1 unspecified atom stereocenters. The van der Waals surface area contributed by atoms with Gasteiger partial charge < -0.3 is 9.31 Å². The molecule has 1 aliphatic heterocycles. The standard InChI is InChI=1S/C16H22BF3O2/c1-11(17-21-14(2,3)15(4,5)22-17)10-12-6-8-13(9-7-12)16(18,19)20/h6-9,11H,10H2,1-5H3. The van der Waals surface area contributed by atoms with E-state index in [1.807, 2.05) is 34.6 Å². The molecule has 122 valence electrons. The average Bonchev–Trinajstić information content (AvgIpc) is 2.58. The first-order chi connectivity index (χ1) is 9.92. The van der Waals surface area contributed by atoms with Crippen LogP contribution < -0.4 is 0 Å². The van der Waals surface area contributed by atoms with Crippen LogP contribution in [0, 0.1) is 0 Å². The lowest BCUT2D eigenvalue weighted by atomic mass is 9.70. The Kier molecular flexibility index (Phi) is 4.39. The van der Waals surface area contributed by atoms with Gasteiger partial charge in [0.2, 0.25) is 0 Å². The highest BCUT2D eigenvalue weighted by atomic mass is 19.4. The lowest BCUT2D eigenvalue weighted by molar-refractivity contribution is -0.137. The van der Waals surface area contributed by atoms with Crippen LogP contribution in [0.5, 0.6) is 0 Å². The molecule has 1 aromatic rings. The highest BCUT2D eigenvalue weighted by Crippen LogP contribution is 2.40. The molecule has 0 spiro atoms. The number of hydrogen-bond donors (Lipinski definition) is 0. The van der Waals surface area contributed by atoms with E-state index in [2.05, 4.69) is 0 Å². The average molecular weight is 314 g/mol. The van der Waals surface area contributed by atoms with Crippen LogP contribution >= 0.6 is 0 Å². The first-order valence-corrected chi connectivity index (χ1v) is 7.44. The van der Waals surface area contributed by atoms with E-state index in [1.165, 1.54) is 12.1 Å². The van der Waals surface area contributed by atoms with Crippen LogP contribution in [0.15, 0.2) is 24.3 Å². The van der Waals surface area contributed by atoms with E-state index < -0.39 is 22.9 Å². The van der Waals surface area contributed by atoms with Crippen LogP contribution in [0.2, 0.25) is 5.82 Å². The van der Waals surface area contributed by atoms with Crippen molar-refractivity contribution in [1.82, 2.24) is 0 Å². The fourth-order valence-corrected chi connectivity index (χ4v) is 2.42. The summed E-state index contributed by atoms with van der Waals surface area (Å²) in [7, 11) is -0.354. The van der Waals surface area contributed by atoms with E-state index in [0.717, 1.165) is 17.7 Å². The molecule has 0 N–H and O–H groups in total. The molecule has 1 aromatic carbocycles. The molecule has 0 amide bonds. The van der Waals surface area contributed by atoms with Gasteiger partial charge in [0, 0.05) is 0 Å². The van der Waals surface area contributed by atoms with E-state index in [0.29, 0.717) is 6.42 Å². The summed E-state index contributed by atoms with van der Waals surface area (Å²) in [4.78, 5) is 0. The molecule has 1 atom stereocenters. The summed E-state index contributed by atoms with van der Waals surface area (Å²) >= 11 is 0. The number of benzene rings is 1. The highest BCUT2D eigenvalue weighted by molar-refractivity contribution is 6.47. The van der Waals surface area contributed by atoms with E-state index >= 15 is 0 Å². The van der Waals surface area contributed by atoms with E-state index in [-0.39, 0.29) is 12.9 Å². The Morgan fingerprint density at radius 3 is 1.86 bits per heavy atom. The monoisotopic (exact) mass is 314 g/mol. The van der Waals surface area contributed by atoms with Crippen molar-refractivity contribution in [2.24, 2.45) is 0 Å². The first-order valence-electron chi connectivity index (χ1n) is 7.44. The lowest BCUT2D eigenvalue weighted by Crippen LogP contribution is -2.41. The zero-order valence-corrected chi connectivity index (χ0v) is 13.6. The van der Waals surface area contributed by atoms with Gasteiger partial charge >= 0.3 is 13.3 Å². The van der Waals surface area contributed by atoms with Gasteiger partial charge in [-0.3, -0.25) is 0 Å². The van der Waals surface area contributed by atoms with E-state index in [1.54, 1.807) is 0 Å². The third-order valence-electron chi connectivity index (χ3n) is 4.58. The zero-order valence-electron chi connectivity index (χ0n) is 13.6. The van der Waals surface area contributed by atoms with Gasteiger partial charge in [-0.2, -0.15) is 13.2 Å². The molecule has 0 bridgehead atoms.